The molecule has 0 aliphatic heterocycles. The van der Waals surface area contributed by atoms with Crippen LogP contribution < -0.4 is 0 Å². The summed E-state index contributed by atoms with van der Waals surface area (Å²) in [6.45, 7) is 0. The lowest BCUT2D eigenvalue weighted by molar-refractivity contribution is -0.120. The van der Waals surface area contributed by atoms with E-state index in [1.54, 1.807) is 12.1 Å². The van der Waals surface area contributed by atoms with Gasteiger partial charge in [0.15, 0.2) is 0 Å². The van der Waals surface area contributed by atoms with E-state index in [4.69, 9.17) is 11.6 Å². The molecular formula is C17H14ClFO. The molecule has 0 bridgehead atoms. The zero-order chi connectivity index (χ0) is 14.2. The molecule has 2 aromatic carbocycles. The highest BCUT2D eigenvalue weighted by atomic mass is 35.5. The smallest absolute Gasteiger partial charge is 0.147 e. The number of carbonyl (C=O) groups excluding carboxylic acids is 1. The third kappa shape index (κ3) is 2.25. The van der Waals surface area contributed by atoms with Gasteiger partial charge in [-0.15, -0.1) is 0 Å². The van der Waals surface area contributed by atoms with E-state index in [1.807, 2.05) is 30.3 Å². The lowest BCUT2D eigenvalue weighted by atomic mass is 9.88. The highest BCUT2D eigenvalue weighted by molar-refractivity contribution is 6.31. The van der Waals surface area contributed by atoms with Crippen LogP contribution in [0, 0.1) is 5.82 Å². The molecule has 2 aromatic rings. The van der Waals surface area contributed by atoms with Gasteiger partial charge in [-0.1, -0.05) is 54.1 Å². The molecule has 0 saturated heterocycles. The van der Waals surface area contributed by atoms with Crippen LogP contribution in [0.1, 0.15) is 24.0 Å². The van der Waals surface area contributed by atoms with Crippen LogP contribution in [-0.4, -0.2) is 5.78 Å². The summed E-state index contributed by atoms with van der Waals surface area (Å²) in [7, 11) is 0. The summed E-state index contributed by atoms with van der Waals surface area (Å²) >= 11 is 5.93. The van der Waals surface area contributed by atoms with Crippen LogP contribution in [0.5, 0.6) is 0 Å². The van der Waals surface area contributed by atoms with Gasteiger partial charge < -0.3 is 0 Å². The van der Waals surface area contributed by atoms with Crippen molar-refractivity contribution in [2.24, 2.45) is 0 Å². The van der Waals surface area contributed by atoms with E-state index in [-0.39, 0.29) is 22.6 Å². The normalized spacial score (nSPS) is 15.9. The van der Waals surface area contributed by atoms with Gasteiger partial charge >= 0.3 is 0 Å². The van der Waals surface area contributed by atoms with Gasteiger partial charge in [0.1, 0.15) is 11.6 Å². The first-order valence-corrected chi connectivity index (χ1v) is 7.03. The van der Waals surface area contributed by atoms with E-state index in [0.717, 1.165) is 18.4 Å². The standard InChI is InChI=1S/C17H14ClFO/c18-16-12(5-4-8-14(16)19)11-15(20)17(9-10-17)13-6-2-1-3-7-13/h1-8H,9-11H2. The average molecular weight is 289 g/mol. The van der Waals surface area contributed by atoms with Gasteiger partial charge in [-0.2, -0.15) is 0 Å². The Morgan fingerprint density at radius 1 is 1.10 bits per heavy atom. The van der Waals surface area contributed by atoms with E-state index in [1.165, 1.54) is 6.07 Å². The van der Waals surface area contributed by atoms with Crippen molar-refractivity contribution in [3.8, 4) is 0 Å². The van der Waals surface area contributed by atoms with Crippen LogP contribution in [0.4, 0.5) is 4.39 Å². The van der Waals surface area contributed by atoms with E-state index in [9.17, 15) is 9.18 Å². The summed E-state index contributed by atoms with van der Waals surface area (Å²) in [5.74, 6) is -0.349. The van der Waals surface area contributed by atoms with Crippen molar-refractivity contribution in [2.45, 2.75) is 24.7 Å². The predicted octanol–water partition coefficient (Wildman–Crippen LogP) is 4.32. The van der Waals surface area contributed by atoms with Crippen molar-refractivity contribution >= 4 is 17.4 Å². The molecule has 0 atom stereocenters. The molecule has 3 heteroatoms. The first-order chi connectivity index (χ1) is 9.63. The highest BCUT2D eigenvalue weighted by Gasteiger charge is 2.50. The summed E-state index contributed by atoms with van der Waals surface area (Å²) < 4.78 is 13.4. The number of Topliss-reactive ketones (excluding diaryl/α,β-unsaturated/α-hetero) is 1. The largest absolute Gasteiger partial charge is 0.298 e. The first kappa shape index (κ1) is 13.3. The molecule has 0 amide bonds. The third-order valence-electron chi connectivity index (χ3n) is 3.99. The van der Waals surface area contributed by atoms with Crippen LogP contribution in [0.25, 0.3) is 0 Å². The number of ketones is 1. The fourth-order valence-electron chi connectivity index (χ4n) is 2.64. The molecule has 20 heavy (non-hydrogen) atoms. The maximum atomic E-state index is 13.4. The molecule has 1 nitrogen and oxygen atoms in total. The minimum atomic E-state index is -0.471. The minimum absolute atomic E-state index is 0.0599. The molecule has 102 valence electrons. The van der Waals surface area contributed by atoms with Gasteiger partial charge in [0.2, 0.25) is 0 Å². The highest BCUT2D eigenvalue weighted by Crippen LogP contribution is 2.49. The maximum Gasteiger partial charge on any atom is 0.147 e. The second kappa shape index (κ2) is 5.02. The van der Waals surface area contributed by atoms with Gasteiger partial charge in [0.25, 0.3) is 0 Å². The van der Waals surface area contributed by atoms with Gasteiger partial charge in [-0.05, 0) is 30.0 Å². The summed E-state index contributed by atoms with van der Waals surface area (Å²) in [6.07, 6.45) is 1.91. The van der Waals surface area contributed by atoms with Crippen LogP contribution in [-0.2, 0) is 16.6 Å². The SMILES string of the molecule is O=C(Cc1cccc(F)c1Cl)C1(c2ccccc2)CC1. The Labute approximate surface area is 122 Å². The molecule has 1 aliphatic carbocycles. The van der Waals surface area contributed by atoms with Gasteiger partial charge in [0, 0.05) is 6.42 Å². The van der Waals surface area contributed by atoms with Gasteiger partial charge in [0.05, 0.1) is 10.4 Å². The van der Waals surface area contributed by atoms with E-state index < -0.39 is 5.82 Å². The lowest BCUT2D eigenvalue weighted by Crippen LogP contribution is -2.22. The molecule has 1 fully saturated rings. The first-order valence-electron chi connectivity index (χ1n) is 6.65. The topological polar surface area (TPSA) is 17.1 Å². The predicted molar refractivity (Wildman–Crippen MR) is 77.5 cm³/mol. The van der Waals surface area contributed by atoms with Crippen LogP contribution >= 0.6 is 11.6 Å². The number of hydrogen-bond donors (Lipinski definition) is 0. The number of rotatable bonds is 4. The Morgan fingerprint density at radius 2 is 1.80 bits per heavy atom. The Hall–Kier alpha value is -1.67. The van der Waals surface area contributed by atoms with Crippen molar-refractivity contribution in [1.29, 1.82) is 0 Å². The molecule has 0 radical (unpaired) electrons. The lowest BCUT2D eigenvalue weighted by Gasteiger charge is -2.15. The number of halogens is 2. The minimum Gasteiger partial charge on any atom is -0.298 e. The summed E-state index contributed by atoms with van der Waals surface area (Å²) in [4.78, 5) is 12.6. The Kier molecular flexibility index (Phi) is 3.35. The second-order valence-electron chi connectivity index (χ2n) is 5.26. The van der Waals surface area contributed by atoms with Crippen molar-refractivity contribution < 1.29 is 9.18 Å². The monoisotopic (exact) mass is 288 g/mol. The van der Waals surface area contributed by atoms with E-state index in [2.05, 4.69) is 0 Å². The number of carbonyl (C=O) groups is 1. The maximum absolute atomic E-state index is 13.4. The molecule has 0 unspecified atom stereocenters. The zero-order valence-electron chi connectivity index (χ0n) is 10.9. The molecule has 3 rings (SSSR count). The van der Waals surface area contributed by atoms with E-state index in [0.29, 0.717) is 5.56 Å². The average Bonchev–Trinajstić information content (AvgIpc) is 3.26. The van der Waals surface area contributed by atoms with Crippen LogP contribution in [0.2, 0.25) is 5.02 Å². The van der Waals surface area contributed by atoms with Crippen LogP contribution in [0.15, 0.2) is 48.5 Å². The summed E-state index contributed by atoms with van der Waals surface area (Å²) in [6, 6.07) is 14.4. The van der Waals surface area contributed by atoms with E-state index >= 15 is 0 Å². The quantitative estimate of drug-likeness (QED) is 0.819. The molecule has 0 N–H and O–H groups in total. The van der Waals surface area contributed by atoms with Gasteiger partial charge in [-0.3, -0.25) is 4.79 Å². The molecule has 1 saturated carbocycles. The molecule has 0 heterocycles. The van der Waals surface area contributed by atoms with Gasteiger partial charge in [-0.25, -0.2) is 4.39 Å². The van der Waals surface area contributed by atoms with Crippen molar-refractivity contribution in [2.75, 3.05) is 0 Å². The van der Waals surface area contributed by atoms with Crippen molar-refractivity contribution in [1.82, 2.24) is 0 Å². The Morgan fingerprint density at radius 3 is 2.45 bits per heavy atom. The number of hydrogen-bond acceptors (Lipinski definition) is 1. The molecule has 0 spiro atoms. The van der Waals surface area contributed by atoms with Crippen molar-refractivity contribution in [3.63, 3.8) is 0 Å². The fraction of sp³-hybridized carbons (Fsp3) is 0.235. The fourth-order valence-corrected chi connectivity index (χ4v) is 2.83. The zero-order valence-corrected chi connectivity index (χ0v) is 11.7. The second-order valence-corrected chi connectivity index (χ2v) is 5.64. The Bertz CT molecular complexity index is 647. The summed E-state index contributed by atoms with van der Waals surface area (Å²) in [5.41, 5.74) is 1.24. The van der Waals surface area contributed by atoms with Crippen LogP contribution in [0.3, 0.4) is 0 Å². The molecule has 0 aromatic heterocycles. The molecule has 1 aliphatic rings. The Balaban J connectivity index is 1.86. The number of benzene rings is 2. The van der Waals surface area contributed by atoms with Crippen molar-refractivity contribution in [3.05, 3.63) is 70.5 Å². The summed E-state index contributed by atoms with van der Waals surface area (Å²) in [5, 5.41) is 0.0599. The third-order valence-corrected chi connectivity index (χ3v) is 4.42. The molecular weight excluding hydrogens is 275 g/mol.